The molecule has 1 saturated heterocycles. The summed E-state index contributed by atoms with van der Waals surface area (Å²) in [5.74, 6) is 0. The van der Waals surface area contributed by atoms with Crippen LogP contribution in [0, 0.1) is 12.3 Å². The lowest BCUT2D eigenvalue weighted by molar-refractivity contribution is 0.0276. The highest BCUT2D eigenvalue weighted by atomic mass is 32.2. The fraction of sp³-hybridized carbons (Fsp3) is 0.467. The van der Waals surface area contributed by atoms with Gasteiger partial charge in [-0.2, -0.15) is 4.31 Å². The van der Waals surface area contributed by atoms with E-state index >= 15 is 0 Å². The van der Waals surface area contributed by atoms with Crippen LogP contribution in [-0.2, 0) is 14.8 Å². The van der Waals surface area contributed by atoms with Crippen molar-refractivity contribution in [2.45, 2.75) is 24.7 Å². The van der Waals surface area contributed by atoms with E-state index in [2.05, 4.69) is 0 Å². The Morgan fingerprint density at radius 3 is 2.35 bits per heavy atom. The van der Waals surface area contributed by atoms with Crippen LogP contribution in [0.2, 0.25) is 0 Å². The van der Waals surface area contributed by atoms with Gasteiger partial charge in [0.05, 0.1) is 18.3 Å². The van der Waals surface area contributed by atoms with Crippen LogP contribution in [0.5, 0.6) is 0 Å². The van der Waals surface area contributed by atoms with Crippen LogP contribution >= 0.6 is 0 Å². The zero-order valence-corrected chi connectivity index (χ0v) is 12.6. The van der Waals surface area contributed by atoms with E-state index in [0.29, 0.717) is 18.0 Å². The van der Waals surface area contributed by atoms with Crippen molar-refractivity contribution < 1.29 is 13.2 Å². The molecule has 0 amide bonds. The summed E-state index contributed by atoms with van der Waals surface area (Å²) in [6, 6.07) is 7.05. The van der Waals surface area contributed by atoms with Gasteiger partial charge in [0.2, 0.25) is 10.0 Å². The highest BCUT2D eigenvalue weighted by Crippen LogP contribution is 2.52. The molecule has 108 valence electrons. The zero-order chi connectivity index (χ0) is 14.4. The number of hydrogen-bond acceptors (Lipinski definition) is 3. The number of ether oxygens (including phenoxy) is 1. The van der Waals surface area contributed by atoms with Crippen LogP contribution < -0.4 is 0 Å². The largest absolute Gasteiger partial charge is 0.504 e. The predicted octanol–water partition coefficient (Wildman–Crippen LogP) is 2.31. The van der Waals surface area contributed by atoms with Crippen molar-refractivity contribution in [1.29, 1.82) is 0 Å². The van der Waals surface area contributed by atoms with Crippen molar-refractivity contribution in [3.8, 4) is 0 Å². The van der Waals surface area contributed by atoms with Crippen LogP contribution in [0.3, 0.4) is 0 Å². The number of hydrogen-bond donors (Lipinski definition) is 0. The molecule has 1 spiro atoms. The van der Waals surface area contributed by atoms with Crippen LogP contribution in [0.1, 0.15) is 18.4 Å². The van der Waals surface area contributed by atoms with Crippen molar-refractivity contribution in [2.75, 3.05) is 20.2 Å². The summed E-state index contributed by atoms with van der Waals surface area (Å²) in [5, 5.41) is 0. The van der Waals surface area contributed by atoms with E-state index in [1.165, 1.54) is 5.57 Å². The van der Waals surface area contributed by atoms with E-state index in [1.54, 1.807) is 29.8 Å². The molecular weight excluding hydrogens is 274 g/mol. The Morgan fingerprint density at radius 2 is 1.80 bits per heavy atom. The molecule has 1 aromatic carbocycles. The molecule has 1 heterocycles. The molecule has 20 heavy (non-hydrogen) atoms. The van der Waals surface area contributed by atoms with E-state index in [4.69, 9.17) is 4.74 Å². The van der Waals surface area contributed by atoms with Gasteiger partial charge >= 0.3 is 0 Å². The molecule has 1 saturated carbocycles. The maximum absolute atomic E-state index is 12.4. The molecule has 4 nitrogen and oxygen atoms in total. The average molecular weight is 293 g/mol. The Kier molecular flexibility index (Phi) is 3.14. The van der Waals surface area contributed by atoms with Gasteiger partial charge in [-0.05, 0) is 37.5 Å². The summed E-state index contributed by atoms with van der Waals surface area (Å²) < 4.78 is 31.5. The van der Waals surface area contributed by atoms with Gasteiger partial charge in [0.1, 0.15) is 0 Å². The molecule has 2 aliphatic rings. The molecule has 2 fully saturated rings. The Morgan fingerprint density at radius 1 is 1.20 bits per heavy atom. The van der Waals surface area contributed by atoms with Gasteiger partial charge in [0, 0.05) is 18.5 Å². The first-order valence-electron chi connectivity index (χ1n) is 6.73. The summed E-state index contributed by atoms with van der Waals surface area (Å²) in [7, 11) is -1.67. The van der Waals surface area contributed by atoms with E-state index in [0.717, 1.165) is 18.4 Å². The second-order valence-corrected chi connectivity index (χ2v) is 7.89. The van der Waals surface area contributed by atoms with Gasteiger partial charge in [-0.3, -0.25) is 0 Å². The van der Waals surface area contributed by atoms with Crippen LogP contribution in [0.25, 0.3) is 0 Å². The zero-order valence-electron chi connectivity index (χ0n) is 11.8. The van der Waals surface area contributed by atoms with Crippen molar-refractivity contribution in [3.05, 3.63) is 41.7 Å². The molecule has 0 bridgehead atoms. The third-order valence-corrected chi connectivity index (χ3v) is 5.98. The molecule has 1 aliphatic carbocycles. The lowest BCUT2D eigenvalue weighted by atomic mass is 9.62. The smallest absolute Gasteiger partial charge is 0.243 e. The number of methoxy groups -OCH3 is 1. The van der Waals surface area contributed by atoms with Gasteiger partial charge in [-0.1, -0.05) is 17.7 Å². The van der Waals surface area contributed by atoms with Gasteiger partial charge in [-0.25, -0.2) is 8.42 Å². The SMILES string of the molecule is COC=C1CC2(C1)CN(S(=O)(=O)c1ccc(C)cc1)C2. The van der Waals surface area contributed by atoms with Crippen molar-refractivity contribution in [2.24, 2.45) is 5.41 Å². The number of benzene rings is 1. The third kappa shape index (κ3) is 2.15. The molecule has 0 N–H and O–H groups in total. The number of rotatable bonds is 3. The fourth-order valence-electron chi connectivity index (χ4n) is 3.12. The number of allylic oxidation sites excluding steroid dienone is 1. The van der Waals surface area contributed by atoms with Gasteiger partial charge in [0.25, 0.3) is 0 Å². The lowest BCUT2D eigenvalue weighted by Gasteiger charge is -2.55. The molecular formula is C15H19NO3S. The van der Waals surface area contributed by atoms with E-state index in [9.17, 15) is 8.42 Å². The van der Waals surface area contributed by atoms with E-state index < -0.39 is 10.0 Å². The van der Waals surface area contributed by atoms with E-state index in [1.807, 2.05) is 19.1 Å². The molecule has 0 radical (unpaired) electrons. The average Bonchev–Trinajstić information content (AvgIpc) is 2.30. The van der Waals surface area contributed by atoms with Crippen LogP contribution in [-0.4, -0.2) is 32.9 Å². The van der Waals surface area contributed by atoms with Crippen LogP contribution in [0.15, 0.2) is 41.0 Å². The minimum absolute atomic E-state index is 0.169. The summed E-state index contributed by atoms with van der Waals surface area (Å²) >= 11 is 0. The molecule has 3 rings (SSSR count). The third-order valence-electron chi connectivity index (χ3n) is 4.17. The minimum atomic E-state index is -3.31. The Hall–Kier alpha value is -1.33. The van der Waals surface area contributed by atoms with Gasteiger partial charge in [0.15, 0.2) is 0 Å². The van der Waals surface area contributed by atoms with Gasteiger partial charge < -0.3 is 4.74 Å². The first-order chi connectivity index (χ1) is 9.45. The minimum Gasteiger partial charge on any atom is -0.504 e. The second kappa shape index (κ2) is 4.60. The first kappa shape index (κ1) is 13.6. The highest BCUT2D eigenvalue weighted by molar-refractivity contribution is 7.89. The monoisotopic (exact) mass is 293 g/mol. The maximum atomic E-state index is 12.4. The number of aryl methyl sites for hydroxylation is 1. The Bertz CT molecular complexity index is 630. The quantitative estimate of drug-likeness (QED) is 0.803. The van der Waals surface area contributed by atoms with E-state index in [-0.39, 0.29) is 5.41 Å². The summed E-state index contributed by atoms with van der Waals surface area (Å²) in [6.45, 7) is 3.21. The fourth-order valence-corrected chi connectivity index (χ4v) is 4.78. The lowest BCUT2D eigenvalue weighted by Crippen LogP contribution is -2.61. The highest BCUT2D eigenvalue weighted by Gasteiger charge is 2.53. The summed E-state index contributed by atoms with van der Waals surface area (Å²) in [4.78, 5) is 0.393. The molecule has 5 heteroatoms. The number of sulfonamides is 1. The molecule has 0 unspecified atom stereocenters. The molecule has 0 aromatic heterocycles. The topological polar surface area (TPSA) is 46.6 Å². The molecule has 1 aliphatic heterocycles. The predicted molar refractivity (Wildman–Crippen MR) is 76.7 cm³/mol. The summed E-state index contributed by atoms with van der Waals surface area (Å²) in [5.41, 5.74) is 2.51. The molecule has 1 aromatic rings. The van der Waals surface area contributed by atoms with Crippen molar-refractivity contribution >= 4 is 10.0 Å². The van der Waals surface area contributed by atoms with Crippen molar-refractivity contribution in [1.82, 2.24) is 4.31 Å². The normalized spacial score (nSPS) is 21.2. The van der Waals surface area contributed by atoms with Crippen molar-refractivity contribution in [3.63, 3.8) is 0 Å². The maximum Gasteiger partial charge on any atom is 0.243 e. The van der Waals surface area contributed by atoms with Crippen LogP contribution in [0.4, 0.5) is 0 Å². The Balaban J connectivity index is 1.68. The number of nitrogens with zero attached hydrogens (tertiary/aromatic N) is 1. The van der Waals surface area contributed by atoms with Gasteiger partial charge in [-0.15, -0.1) is 0 Å². The summed E-state index contributed by atoms with van der Waals surface area (Å²) in [6.07, 6.45) is 3.70. The Labute approximate surface area is 120 Å². The molecule has 0 atom stereocenters. The second-order valence-electron chi connectivity index (χ2n) is 5.95. The standard InChI is InChI=1S/C15H19NO3S/c1-12-3-5-14(6-4-12)20(17,18)16-10-15(11-16)7-13(8-15)9-19-2/h3-6,9H,7-8,10-11H2,1-2H3. The first-order valence-corrected chi connectivity index (χ1v) is 8.17.